The van der Waals surface area contributed by atoms with Crippen LogP contribution >= 0.6 is 0 Å². The van der Waals surface area contributed by atoms with Crippen molar-refractivity contribution < 1.29 is 17.5 Å². The van der Waals surface area contributed by atoms with Gasteiger partial charge in [0.2, 0.25) is 9.84 Å². The van der Waals surface area contributed by atoms with Crippen molar-refractivity contribution in [2.24, 2.45) is 0 Å². The average Bonchev–Trinajstić information content (AvgIpc) is 2.67. The molecule has 0 fully saturated rings. The monoisotopic (exact) mass is 368 g/mol. The molecule has 132 valence electrons. The van der Waals surface area contributed by atoms with Crippen molar-refractivity contribution in [3.05, 3.63) is 95.8 Å². The van der Waals surface area contributed by atoms with E-state index in [4.69, 9.17) is 4.74 Å². The van der Waals surface area contributed by atoms with Crippen molar-refractivity contribution in [2.45, 2.75) is 4.90 Å². The Labute approximate surface area is 152 Å². The van der Waals surface area contributed by atoms with Crippen molar-refractivity contribution in [2.75, 3.05) is 7.11 Å². The highest BCUT2D eigenvalue weighted by Crippen LogP contribution is 2.36. The topological polar surface area (TPSA) is 43.4 Å². The molecule has 0 amide bonds. The summed E-state index contributed by atoms with van der Waals surface area (Å²) in [6.07, 6.45) is 1.46. The zero-order valence-electron chi connectivity index (χ0n) is 14.1. The quantitative estimate of drug-likeness (QED) is 0.607. The van der Waals surface area contributed by atoms with Crippen LogP contribution in [0.4, 0.5) is 4.39 Å². The summed E-state index contributed by atoms with van der Waals surface area (Å²) in [5, 5.41) is 0. The van der Waals surface area contributed by atoms with Gasteiger partial charge in [-0.15, -0.1) is 0 Å². The second kappa shape index (κ2) is 7.54. The summed E-state index contributed by atoms with van der Waals surface area (Å²) in [4.78, 5) is -0.0580. The van der Waals surface area contributed by atoms with Crippen molar-refractivity contribution in [1.29, 1.82) is 0 Å². The van der Waals surface area contributed by atoms with E-state index < -0.39 is 15.7 Å². The van der Waals surface area contributed by atoms with Crippen LogP contribution in [0.2, 0.25) is 0 Å². The molecule has 0 aliphatic carbocycles. The average molecular weight is 368 g/mol. The molecule has 0 unspecified atom stereocenters. The highest BCUT2D eigenvalue weighted by Gasteiger charge is 2.27. The molecule has 0 N–H and O–H groups in total. The van der Waals surface area contributed by atoms with Gasteiger partial charge >= 0.3 is 0 Å². The van der Waals surface area contributed by atoms with E-state index in [2.05, 4.69) is 0 Å². The minimum Gasteiger partial charge on any atom is -0.496 e. The van der Waals surface area contributed by atoms with Gasteiger partial charge in [-0.1, -0.05) is 54.6 Å². The Bertz CT molecular complexity index is 1030. The fourth-order valence-electron chi connectivity index (χ4n) is 2.62. The molecule has 3 aromatic rings. The molecule has 0 aliphatic rings. The van der Waals surface area contributed by atoms with Crippen molar-refractivity contribution in [3.8, 4) is 5.75 Å². The largest absolute Gasteiger partial charge is 0.496 e. The molecule has 0 radical (unpaired) electrons. The molecular formula is C21H17FO3S. The number of hydrogen-bond donors (Lipinski definition) is 0. The third-order valence-corrected chi connectivity index (χ3v) is 5.68. The third-order valence-electron chi connectivity index (χ3n) is 3.88. The highest BCUT2D eigenvalue weighted by atomic mass is 32.2. The summed E-state index contributed by atoms with van der Waals surface area (Å²) < 4.78 is 46.4. The van der Waals surface area contributed by atoms with Crippen LogP contribution in [-0.2, 0) is 9.84 Å². The molecule has 5 heteroatoms. The Morgan fingerprint density at radius 2 is 1.50 bits per heavy atom. The normalized spacial score (nSPS) is 12.0. The molecule has 3 rings (SSSR count). The first-order valence-corrected chi connectivity index (χ1v) is 9.42. The first kappa shape index (κ1) is 17.9. The smallest absolute Gasteiger partial charge is 0.207 e. The lowest BCUT2D eigenvalue weighted by Crippen LogP contribution is -2.07. The zero-order chi connectivity index (χ0) is 18.6. The van der Waals surface area contributed by atoms with Crippen LogP contribution in [0.25, 0.3) is 11.0 Å². The molecule has 0 saturated heterocycles. The van der Waals surface area contributed by atoms with Gasteiger partial charge in [0.05, 0.1) is 22.5 Å². The summed E-state index contributed by atoms with van der Waals surface area (Å²) in [6.45, 7) is 0. The first-order chi connectivity index (χ1) is 12.5. The van der Waals surface area contributed by atoms with Gasteiger partial charge in [0, 0.05) is 0 Å². The van der Waals surface area contributed by atoms with Gasteiger partial charge in [0.1, 0.15) is 11.6 Å². The molecule has 0 atom stereocenters. The molecular weight excluding hydrogens is 351 g/mol. The number of rotatable bonds is 5. The van der Waals surface area contributed by atoms with Crippen molar-refractivity contribution in [3.63, 3.8) is 0 Å². The fraction of sp³-hybridized carbons (Fsp3) is 0.0476. The van der Waals surface area contributed by atoms with Gasteiger partial charge in [0.25, 0.3) is 0 Å². The Hall–Kier alpha value is -2.92. The van der Waals surface area contributed by atoms with Crippen molar-refractivity contribution >= 4 is 20.8 Å². The van der Waals surface area contributed by atoms with Gasteiger partial charge < -0.3 is 4.74 Å². The third kappa shape index (κ3) is 3.53. The Morgan fingerprint density at radius 3 is 2.12 bits per heavy atom. The molecule has 0 saturated carbocycles. The van der Waals surface area contributed by atoms with E-state index in [-0.39, 0.29) is 21.1 Å². The van der Waals surface area contributed by atoms with Gasteiger partial charge in [0.15, 0.2) is 0 Å². The minimum atomic E-state index is -3.97. The first-order valence-electron chi connectivity index (χ1n) is 7.94. The standard InChI is InChI=1S/C21H17FO3S/c1-25-19-14-8-13-18(22)21(19)20(15-16-9-4-2-5-10-16)26(23,24)17-11-6-3-7-12-17/h2-15H,1H3. The number of halogens is 1. The molecule has 0 heterocycles. The van der Waals surface area contributed by atoms with E-state index >= 15 is 0 Å². The predicted molar refractivity (Wildman–Crippen MR) is 101 cm³/mol. The second-order valence-electron chi connectivity index (χ2n) is 5.55. The van der Waals surface area contributed by atoms with Crippen molar-refractivity contribution in [1.82, 2.24) is 0 Å². The summed E-state index contributed by atoms with van der Waals surface area (Å²) in [5.74, 6) is -0.502. The molecule has 26 heavy (non-hydrogen) atoms. The van der Waals surface area contributed by atoms with E-state index in [0.717, 1.165) is 0 Å². The van der Waals surface area contributed by atoms with Crippen LogP contribution in [0.1, 0.15) is 11.1 Å². The fourth-order valence-corrected chi connectivity index (χ4v) is 4.15. The maximum atomic E-state index is 14.7. The summed E-state index contributed by atoms with van der Waals surface area (Å²) in [6, 6.07) is 21.1. The van der Waals surface area contributed by atoms with E-state index in [1.165, 1.54) is 43.5 Å². The number of ether oxygens (including phenoxy) is 1. The molecule has 0 bridgehead atoms. The summed E-state index contributed by atoms with van der Waals surface area (Å²) in [7, 11) is -2.58. The van der Waals surface area contributed by atoms with E-state index in [1.807, 2.05) is 6.07 Å². The van der Waals surface area contributed by atoms with Gasteiger partial charge in [-0.25, -0.2) is 12.8 Å². The zero-order valence-corrected chi connectivity index (χ0v) is 14.9. The van der Waals surface area contributed by atoms with Crippen LogP contribution in [0.3, 0.4) is 0 Å². The van der Waals surface area contributed by atoms with E-state index in [9.17, 15) is 12.8 Å². The maximum Gasteiger partial charge on any atom is 0.207 e. The Balaban J connectivity index is 2.31. The lowest BCUT2D eigenvalue weighted by molar-refractivity contribution is 0.410. The molecule has 3 nitrogen and oxygen atoms in total. The molecule has 0 aromatic heterocycles. The molecule has 0 aliphatic heterocycles. The SMILES string of the molecule is COc1cccc(F)c1C(=Cc1ccccc1)S(=O)(=O)c1ccccc1. The van der Waals surface area contributed by atoms with Crippen LogP contribution in [-0.4, -0.2) is 15.5 Å². The highest BCUT2D eigenvalue weighted by molar-refractivity contribution is 8.00. The molecule has 0 spiro atoms. The lowest BCUT2D eigenvalue weighted by atomic mass is 10.1. The van der Waals surface area contributed by atoms with E-state index in [1.54, 1.807) is 42.5 Å². The minimum absolute atomic E-state index is 0.0808. The van der Waals surface area contributed by atoms with Gasteiger partial charge in [-0.3, -0.25) is 0 Å². The van der Waals surface area contributed by atoms with Crippen LogP contribution < -0.4 is 4.74 Å². The Kier molecular flexibility index (Phi) is 5.19. The molecule has 3 aromatic carbocycles. The Morgan fingerprint density at radius 1 is 0.885 bits per heavy atom. The number of hydrogen-bond acceptors (Lipinski definition) is 3. The van der Waals surface area contributed by atoms with Crippen LogP contribution in [0, 0.1) is 5.82 Å². The number of benzene rings is 3. The van der Waals surface area contributed by atoms with E-state index in [0.29, 0.717) is 5.56 Å². The maximum absolute atomic E-state index is 14.7. The van der Waals surface area contributed by atoms with Gasteiger partial charge in [-0.2, -0.15) is 0 Å². The predicted octanol–water partition coefficient (Wildman–Crippen LogP) is 4.81. The van der Waals surface area contributed by atoms with Gasteiger partial charge in [-0.05, 0) is 35.9 Å². The van der Waals surface area contributed by atoms with Crippen LogP contribution in [0.15, 0.2) is 83.8 Å². The second-order valence-corrected chi connectivity index (χ2v) is 7.47. The number of methoxy groups -OCH3 is 1. The summed E-state index contributed by atoms with van der Waals surface area (Å²) >= 11 is 0. The lowest BCUT2D eigenvalue weighted by Gasteiger charge is -2.14. The number of sulfone groups is 1. The van der Waals surface area contributed by atoms with Crippen LogP contribution in [0.5, 0.6) is 5.75 Å². The summed E-state index contributed by atoms with van der Waals surface area (Å²) in [5.41, 5.74) is 0.565.